The van der Waals surface area contributed by atoms with Gasteiger partial charge in [0.1, 0.15) is 5.75 Å². The molecule has 0 aliphatic rings. The first-order valence-electron chi connectivity index (χ1n) is 5.67. The number of hydrogen-bond donors (Lipinski definition) is 1. The smallest absolute Gasteiger partial charge is 0.396 e. The molecular weight excluding hydrogens is 234 g/mol. The van der Waals surface area contributed by atoms with Crippen molar-refractivity contribution in [2.75, 3.05) is 13.7 Å². The van der Waals surface area contributed by atoms with Crippen molar-refractivity contribution in [3.63, 3.8) is 0 Å². The van der Waals surface area contributed by atoms with Gasteiger partial charge in [-0.2, -0.15) is 0 Å². The quantitative estimate of drug-likeness (QED) is 0.644. The first-order valence-corrected chi connectivity index (χ1v) is 5.67. The van der Waals surface area contributed by atoms with Crippen LogP contribution in [0.1, 0.15) is 18.1 Å². The monoisotopic (exact) mass is 251 g/mol. The molecule has 5 heteroatoms. The minimum Gasteiger partial charge on any atom is -0.496 e. The zero-order valence-corrected chi connectivity index (χ0v) is 10.8. The molecule has 0 unspecified atom stereocenters. The van der Waals surface area contributed by atoms with Crippen LogP contribution in [-0.2, 0) is 20.9 Å². The van der Waals surface area contributed by atoms with Crippen LogP contribution in [0.25, 0.3) is 0 Å². The number of nitrogens with one attached hydrogen (secondary N) is 1. The summed E-state index contributed by atoms with van der Waals surface area (Å²) in [6.07, 6.45) is 0. The number of hydrogen-bond acceptors (Lipinski definition) is 4. The SMILES string of the molecule is CCOC(=O)C(=O)NCc1ccc(C)cc1OC. The van der Waals surface area contributed by atoms with Crippen molar-refractivity contribution in [2.45, 2.75) is 20.4 Å². The van der Waals surface area contributed by atoms with Gasteiger partial charge in [-0.15, -0.1) is 0 Å². The molecule has 1 rings (SSSR count). The van der Waals surface area contributed by atoms with Crippen molar-refractivity contribution in [3.8, 4) is 5.75 Å². The van der Waals surface area contributed by atoms with E-state index in [4.69, 9.17) is 4.74 Å². The highest BCUT2D eigenvalue weighted by molar-refractivity contribution is 6.32. The van der Waals surface area contributed by atoms with Crippen LogP contribution in [0.15, 0.2) is 18.2 Å². The third-order valence-corrected chi connectivity index (χ3v) is 2.34. The van der Waals surface area contributed by atoms with E-state index in [1.54, 1.807) is 14.0 Å². The lowest BCUT2D eigenvalue weighted by atomic mass is 10.1. The molecule has 0 heterocycles. The molecule has 0 atom stereocenters. The summed E-state index contributed by atoms with van der Waals surface area (Å²) in [5, 5.41) is 2.48. The number of carbonyl (C=O) groups excluding carboxylic acids is 2. The fourth-order valence-corrected chi connectivity index (χ4v) is 1.44. The first-order chi connectivity index (χ1) is 8.58. The molecule has 0 aromatic heterocycles. The number of carbonyl (C=O) groups is 2. The van der Waals surface area contributed by atoms with Gasteiger partial charge in [0.25, 0.3) is 0 Å². The van der Waals surface area contributed by atoms with Crippen LogP contribution in [0.5, 0.6) is 5.75 Å². The molecule has 1 aromatic carbocycles. The molecule has 0 fully saturated rings. The zero-order chi connectivity index (χ0) is 13.5. The average Bonchev–Trinajstić information content (AvgIpc) is 2.37. The Kier molecular flexibility index (Phi) is 5.17. The number of benzene rings is 1. The zero-order valence-electron chi connectivity index (χ0n) is 10.8. The van der Waals surface area contributed by atoms with Gasteiger partial charge in [-0.1, -0.05) is 12.1 Å². The average molecular weight is 251 g/mol. The van der Waals surface area contributed by atoms with E-state index in [1.165, 1.54) is 0 Å². The largest absolute Gasteiger partial charge is 0.496 e. The lowest BCUT2D eigenvalue weighted by molar-refractivity contribution is -0.154. The van der Waals surface area contributed by atoms with Crippen LogP contribution in [0.3, 0.4) is 0 Å². The van der Waals surface area contributed by atoms with Crippen LogP contribution in [0.4, 0.5) is 0 Å². The summed E-state index contributed by atoms with van der Waals surface area (Å²) in [7, 11) is 1.56. The fourth-order valence-electron chi connectivity index (χ4n) is 1.44. The van der Waals surface area contributed by atoms with Gasteiger partial charge >= 0.3 is 11.9 Å². The van der Waals surface area contributed by atoms with Gasteiger partial charge in [0.2, 0.25) is 0 Å². The predicted molar refractivity (Wildman–Crippen MR) is 66.2 cm³/mol. The highest BCUT2D eigenvalue weighted by atomic mass is 16.5. The van der Waals surface area contributed by atoms with Crippen LogP contribution in [-0.4, -0.2) is 25.6 Å². The van der Waals surface area contributed by atoms with E-state index in [0.717, 1.165) is 11.1 Å². The molecule has 18 heavy (non-hydrogen) atoms. The maximum atomic E-state index is 11.3. The topological polar surface area (TPSA) is 64.6 Å². The van der Waals surface area contributed by atoms with Crippen molar-refractivity contribution in [3.05, 3.63) is 29.3 Å². The molecular formula is C13H17NO4. The molecule has 0 radical (unpaired) electrons. The Morgan fingerprint density at radius 1 is 1.33 bits per heavy atom. The molecule has 0 bridgehead atoms. The number of methoxy groups -OCH3 is 1. The standard InChI is InChI=1S/C13H17NO4/c1-4-18-13(16)12(15)14-8-10-6-5-9(2)7-11(10)17-3/h5-7H,4,8H2,1-3H3,(H,14,15). The van der Waals surface area contributed by atoms with Gasteiger partial charge in [-0.05, 0) is 25.5 Å². The first kappa shape index (κ1) is 14.0. The van der Waals surface area contributed by atoms with E-state index in [1.807, 2.05) is 25.1 Å². The Balaban J connectivity index is 2.63. The predicted octanol–water partition coefficient (Wildman–Crippen LogP) is 1.18. The summed E-state index contributed by atoms with van der Waals surface area (Å²) in [6.45, 7) is 4.00. The fraction of sp³-hybridized carbons (Fsp3) is 0.385. The molecule has 0 spiro atoms. The summed E-state index contributed by atoms with van der Waals surface area (Å²) in [4.78, 5) is 22.5. The summed E-state index contributed by atoms with van der Waals surface area (Å²) in [5.74, 6) is -0.942. The minimum atomic E-state index is -0.872. The second-order valence-electron chi connectivity index (χ2n) is 3.72. The molecule has 0 saturated heterocycles. The molecule has 5 nitrogen and oxygen atoms in total. The highest BCUT2D eigenvalue weighted by Gasteiger charge is 2.14. The third-order valence-electron chi connectivity index (χ3n) is 2.34. The van der Waals surface area contributed by atoms with E-state index in [2.05, 4.69) is 10.1 Å². The third kappa shape index (κ3) is 3.76. The maximum absolute atomic E-state index is 11.3. The van der Waals surface area contributed by atoms with Crippen LogP contribution < -0.4 is 10.1 Å². The van der Waals surface area contributed by atoms with Gasteiger partial charge in [0, 0.05) is 12.1 Å². The van der Waals surface area contributed by atoms with E-state index in [-0.39, 0.29) is 13.2 Å². The number of rotatable bonds is 4. The Bertz CT molecular complexity index is 443. The van der Waals surface area contributed by atoms with Gasteiger partial charge in [-0.3, -0.25) is 4.79 Å². The molecule has 98 valence electrons. The lowest BCUT2D eigenvalue weighted by Crippen LogP contribution is -2.32. The molecule has 1 aromatic rings. The lowest BCUT2D eigenvalue weighted by Gasteiger charge is -2.10. The number of aryl methyl sites for hydroxylation is 1. The van der Waals surface area contributed by atoms with Crippen molar-refractivity contribution < 1.29 is 19.1 Å². The Morgan fingerprint density at radius 3 is 2.67 bits per heavy atom. The van der Waals surface area contributed by atoms with E-state index >= 15 is 0 Å². The van der Waals surface area contributed by atoms with E-state index in [0.29, 0.717) is 5.75 Å². The van der Waals surface area contributed by atoms with Crippen molar-refractivity contribution >= 4 is 11.9 Å². The molecule has 0 saturated carbocycles. The Morgan fingerprint density at radius 2 is 2.06 bits per heavy atom. The van der Waals surface area contributed by atoms with Crippen LogP contribution in [0, 0.1) is 6.92 Å². The molecule has 0 aliphatic heterocycles. The van der Waals surface area contributed by atoms with Crippen molar-refractivity contribution in [1.82, 2.24) is 5.32 Å². The normalized spacial score (nSPS) is 9.72. The number of ether oxygens (including phenoxy) is 2. The summed E-state index contributed by atoms with van der Waals surface area (Å²) in [5.41, 5.74) is 1.87. The Labute approximate surface area is 106 Å². The maximum Gasteiger partial charge on any atom is 0.396 e. The van der Waals surface area contributed by atoms with E-state index < -0.39 is 11.9 Å². The van der Waals surface area contributed by atoms with Gasteiger partial charge < -0.3 is 14.8 Å². The summed E-state index contributed by atoms with van der Waals surface area (Å²) < 4.78 is 9.78. The second-order valence-corrected chi connectivity index (χ2v) is 3.72. The highest BCUT2D eigenvalue weighted by Crippen LogP contribution is 2.19. The summed E-state index contributed by atoms with van der Waals surface area (Å²) >= 11 is 0. The van der Waals surface area contributed by atoms with Crippen molar-refractivity contribution in [2.24, 2.45) is 0 Å². The molecule has 0 aliphatic carbocycles. The number of esters is 1. The van der Waals surface area contributed by atoms with Gasteiger partial charge in [0.15, 0.2) is 0 Å². The second kappa shape index (κ2) is 6.64. The molecule has 1 N–H and O–H groups in total. The molecule has 1 amide bonds. The number of amides is 1. The van der Waals surface area contributed by atoms with Crippen molar-refractivity contribution in [1.29, 1.82) is 0 Å². The van der Waals surface area contributed by atoms with E-state index in [9.17, 15) is 9.59 Å². The Hall–Kier alpha value is -2.04. The van der Waals surface area contributed by atoms with Gasteiger partial charge in [0.05, 0.1) is 13.7 Å². The van der Waals surface area contributed by atoms with Crippen LogP contribution >= 0.6 is 0 Å². The summed E-state index contributed by atoms with van der Waals surface area (Å²) in [6, 6.07) is 5.62. The van der Waals surface area contributed by atoms with Gasteiger partial charge in [-0.25, -0.2) is 4.79 Å². The minimum absolute atomic E-state index is 0.181. The van der Waals surface area contributed by atoms with Crippen LogP contribution in [0.2, 0.25) is 0 Å².